The smallest absolute Gasteiger partial charge is 0.325 e. The molecule has 12 heterocycles. The number of aromatic nitrogens is 16. The average molecular weight is 1440 g/mol. The number of ether oxygens (including phenoxy) is 7. The van der Waals surface area contributed by atoms with Gasteiger partial charge in [-0.2, -0.15) is 0 Å². The molecular weight excluding hydrogens is 1380 g/mol. The minimum Gasteiger partial charge on any atom is -0.387 e. The number of hydrogen-bond donors (Lipinski definition) is 11. The molecule has 498 valence electrons. The Hall–Kier alpha value is -4.84. The fourth-order valence-corrected chi connectivity index (χ4v) is 15.7. The number of aliphatic hydroxyl groups excluding tert-OH is 2. The van der Waals surface area contributed by atoms with Gasteiger partial charge in [0.25, 0.3) is 0 Å². The van der Waals surface area contributed by atoms with Crippen LogP contribution in [0.15, 0.2) is 50.6 Å². The lowest BCUT2D eigenvalue weighted by atomic mass is 10.1. The van der Waals surface area contributed by atoms with Crippen LogP contribution in [-0.2, 0) is 112 Å². The first-order valence-electron chi connectivity index (χ1n) is 26.7. The second-order valence-corrected chi connectivity index (χ2v) is 31.5. The Kier molecular flexibility index (Phi) is 19.4. The summed E-state index contributed by atoms with van der Waals surface area (Å²) in [5, 5.41) is 22.2. The van der Waals surface area contributed by atoms with Gasteiger partial charge in [-0.25, -0.2) is 59.8 Å². The highest BCUT2D eigenvalue weighted by Crippen LogP contribution is 2.56. The zero-order valence-electron chi connectivity index (χ0n) is 47.4. The summed E-state index contributed by atoms with van der Waals surface area (Å²) in [6.45, 7) is -20.1. The van der Waals surface area contributed by atoms with Crippen molar-refractivity contribution in [2.75, 3.05) is 70.7 Å². The van der Waals surface area contributed by atoms with Crippen LogP contribution in [0.2, 0.25) is 0 Å². The second-order valence-electron chi connectivity index (χ2n) is 20.5. The molecule has 8 aromatic rings. The maximum Gasteiger partial charge on any atom is 0.325 e. The molecule has 41 nitrogen and oxygen atoms in total. The molecule has 0 radical (unpaired) electrons. The summed E-state index contributed by atoms with van der Waals surface area (Å²) in [5.41, 5.74) is 25.7. The molecule has 15 N–H and O–H groups in total. The maximum atomic E-state index is 12.2. The normalized spacial score (nSPS) is 30.7. The van der Waals surface area contributed by atoms with Crippen molar-refractivity contribution in [2.24, 2.45) is 0 Å². The standard InChI is InChI=1S/C43H56N20O21P4S4/c1-71-26-17(5-74-85(66,67)89)79-41(61-13-57-21-33(45)49-9-53-37(21)61)29(26)83-87(69,91)76-7-19-28(73-3)31(43(81-19)63-15-59-23-35(47)51-11-55-39(23)63)84-88(70,92)77-6-18-27(72-2)30(42(80-18)62-14-58-22-34(46)50-10-54-38(22)62)82-86(68,90)75-4-16-24(64)25(65)40(78-16)60-12-56-20-32(44)48-8-52-36(20)60/h8-19,24-31,40-43,64-65H,4-7H2,1-3H3,(H,68,90)(H,69,91)(H,70,92)(H2,44,48,52)(H2,45,49,53)(H2,46,50,54)(H2,47,51,55)(H2,66,67,89). The number of aliphatic hydroxyl groups is 2. The minimum atomic E-state index is -4.58. The van der Waals surface area contributed by atoms with E-state index in [1.807, 2.05) is 0 Å². The van der Waals surface area contributed by atoms with Crippen molar-refractivity contribution < 1.29 is 99.5 Å². The van der Waals surface area contributed by atoms with Crippen LogP contribution >= 0.6 is 26.9 Å². The van der Waals surface area contributed by atoms with E-state index in [0.717, 1.165) is 0 Å². The lowest BCUT2D eigenvalue weighted by Crippen LogP contribution is -2.39. The Balaban J connectivity index is 0.772. The molecule has 49 heteroatoms. The van der Waals surface area contributed by atoms with E-state index in [4.69, 9.17) is 123 Å². The van der Waals surface area contributed by atoms with Gasteiger partial charge in [0.15, 0.2) is 70.8 Å². The number of rotatable bonds is 25. The lowest BCUT2D eigenvalue weighted by Gasteiger charge is -2.29. The number of nitrogens with zero attached hydrogens (tertiary/aromatic N) is 16. The zero-order valence-corrected chi connectivity index (χ0v) is 54.3. The molecule has 0 spiro atoms. The van der Waals surface area contributed by atoms with Gasteiger partial charge in [0, 0.05) is 21.3 Å². The molecule has 8 aromatic heterocycles. The van der Waals surface area contributed by atoms with Crippen molar-refractivity contribution >= 4 is 142 Å². The number of nitrogen functional groups attached to an aromatic ring is 4. The molecular formula is C43H56N20O21P4S4. The zero-order chi connectivity index (χ0) is 65.3. The lowest BCUT2D eigenvalue weighted by molar-refractivity contribution is -0.0608. The van der Waals surface area contributed by atoms with Gasteiger partial charge in [0.1, 0.15) is 121 Å². The summed E-state index contributed by atoms with van der Waals surface area (Å²) in [6.07, 6.45) is -11.3. The van der Waals surface area contributed by atoms with E-state index >= 15 is 0 Å². The van der Waals surface area contributed by atoms with Gasteiger partial charge in [-0.3, -0.25) is 31.8 Å². The molecule has 4 fully saturated rings. The molecule has 0 amide bonds. The summed E-state index contributed by atoms with van der Waals surface area (Å²) in [5.74, 6) is 0.111. The molecule has 4 saturated heterocycles. The Morgan fingerprint density at radius 2 is 0.663 bits per heavy atom. The summed E-state index contributed by atoms with van der Waals surface area (Å²) < 4.78 is 90.2. The van der Waals surface area contributed by atoms with Gasteiger partial charge in [0.2, 0.25) is 0 Å². The van der Waals surface area contributed by atoms with Crippen molar-refractivity contribution in [1.82, 2.24) is 78.1 Å². The number of anilines is 4. The fourth-order valence-electron chi connectivity index (χ4n) is 10.9. The van der Waals surface area contributed by atoms with Crippen LogP contribution < -0.4 is 22.9 Å². The SMILES string of the molecule is COC1C(COP(O)(O)=S)OC(n2cnc3c(N)ncnc32)C1OP(O)(=S)OCC1OC(n2cnc3c(N)ncnc32)C(OP(O)(=S)OCC2OC(n3cnc4c(N)ncnc43)C(OP(O)(=S)OCC3OC(n4cnc5c(N)ncnc54)C(O)C3O)C2OC)C1OC. The summed E-state index contributed by atoms with van der Waals surface area (Å²) >= 11 is 21.5. The fraction of sp³-hybridized carbons (Fsp3) is 0.535. The average Bonchev–Trinajstić information content (AvgIpc) is 1.64. The third-order valence-corrected chi connectivity index (χ3v) is 20.5. The quantitative estimate of drug-likeness (QED) is 0.0279. The van der Waals surface area contributed by atoms with E-state index in [2.05, 4.69) is 71.6 Å². The molecule has 0 aromatic carbocycles. The Labute approximate surface area is 536 Å². The van der Waals surface area contributed by atoms with Crippen molar-refractivity contribution in [3.8, 4) is 0 Å². The molecule has 0 bridgehead atoms. The van der Waals surface area contributed by atoms with Crippen molar-refractivity contribution in [2.45, 2.75) is 98.2 Å². The molecule has 12 rings (SSSR count). The minimum absolute atomic E-state index is 0.00140. The van der Waals surface area contributed by atoms with E-state index in [1.165, 1.54) is 90.2 Å². The number of methoxy groups -OCH3 is 3. The molecule has 4 aliphatic rings. The largest absolute Gasteiger partial charge is 0.387 e. The van der Waals surface area contributed by atoms with Crippen LogP contribution in [0, 0.1) is 0 Å². The third kappa shape index (κ3) is 13.4. The van der Waals surface area contributed by atoms with Crippen LogP contribution in [0.25, 0.3) is 44.7 Å². The van der Waals surface area contributed by atoms with Crippen molar-refractivity contribution in [3.63, 3.8) is 0 Å². The molecule has 0 saturated carbocycles. The van der Waals surface area contributed by atoms with Crippen molar-refractivity contribution in [1.29, 1.82) is 0 Å². The Morgan fingerprint density at radius 1 is 0.391 bits per heavy atom. The van der Waals surface area contributed by atoms with Crippen LogP contribution in [-0.4, -0.2) is 234 Å². The van der Waals surface area contributed by atoms with E-state index in [-0.39, 0.29) is 67.9 Å². The van der Waals surface area contributed by atoms with E-state index in [1.54, 1.807) is 0 Å². The monoisotopic (exact) mass is 1440 g/mol. The first-order valence-corrected chi connectivity index (χ1v) is 37.1. The molecule has 19 atom stereocenters. The van der Waals surface area contributed by atoms with Crippen LogP contribution in [0.4, 0.5) is 23.3 Å². The predicted octanol–water partition coefficient (Wildman–Crippen LogP) is -1.89. The Bertz CT molecular complexity index is 4220. The molecule has 92 heavy (non-hydrogen) atoms. The van der Waals surface area contributed by atoms with Gasteiger partial charge in [-0.1, -0.05) is 0 Å². The molecule has 0 aliphatic carbocycles. The van der Waals surface area contributed by atoms with Crippen LogP contribution in [0.5, 0.6) is 0 Å². The highest BCUT2D eigenvalue weighted by molar-refractivity contribution is 8.08. The van der Waals surface area contributed by atoms with Gasteiger partial charge >= 0.3 is 26.9 Å². The third-order valence-electron chi connectivity index (χ3n) is 15.0. The van der Waals surface area contributed by atoms with Gasteiger partial charge in [-0.05, 0) is 47.2 Å². The van der Waals surface area contributed by atoms with Crippen molar-refractivity contribution in [3.05, 3.63) is 50.6 Å². The highest BCUT2D eigenvalue weighted by Gasteiger charge is 2.55. The van der Waals surface area contributed by atoms with Gasteiger partial charge < -0.3 is 109 Å². The summed E-state index contributed by atoms with van der Waals surface area (Å²) in [7, 11) is 3.87. The molecule has 4 aliphatic heterocycles. The summed E-state index contributed by atoms with van der Waals surface area (Å²) in [4.78, 5) is 106. The first-order chi connectivity index (χ1) is 43.8. The highest BCUT2D eigenvalue weighted by atomic mass is 32.5. The summed E-state index contributed by atoms with van der Waals surface area (Å²) in [6, 6.07) is 0. The van der Waals surface area contributed by atoms with E-state index in [9.17, 15) is 34.7 Å². The molecule has 19 unspecified atom stereocenters. The number of fused-ring (bicyclic) bond motifs is 4. The predicted molar refractivity (Wildman–Crippen MR) is 326 cm³/mol. The first kappa shape index (κ1) is 67.2. The Morgan fingerprint density at radius 3 is 0.957 bits per heavy atom. The van der Waals surface area contributed by atoms with Gasteiger partial charge in [-0.15, -0.1) is 0 Å². The second kappa shape index (κ2) is 26.6. The van der Waals surface area contributed by atoms with Gasteiger partial charge in [0.05, 0.1) is 51.7 Å². The van der Waals surface area contributed by atoms with E-state index < -0.39 is 151 Å². The topological polar surface area (TPSA) is 549 Å². The maximum absolute atomic E-state index is 12.2. The van der Waals surface area contributed by atoms with Crippen LogP contribution in [0.3, 0.4) is 0 Å². The number of hydrogen-bond acceptors (Lipinski definition) is 36. The van der Waals surface area contributed by atoms with E-state index in [0.29, 0.717) is 0 Å². The number of nitrogens with two attached hydrogens (primary N) is 4. The van der Waals surface area contributed by atoms with Crippen LogP contribution in [0.1, 0.15) is 24.9 Å². The number of imidazole rings is 4.